The number of thioether (sulfide) groups is 2. The molecule has 2 heterocycles. The van der Waals surface area contributed by atoms with Crippen molar-refractivity contribution in [3.63, 3.8) is 0 Å². The van der Waals surface area contributed by atoms with Crippen LogP contribution in [-0.2, 0) is 9.59 Å². The molecular weight excluding hydrogens is 250 g/mol. The topological polar surface area (TPSA) is 77.8 Å². The zero-order valence-corrected chi connectivity index (χ0v) is 10.2. The third-order valence-corrected chi connectivity index (χ3v) is 5.06. The molecule has 0 bridgehead atoms. The molecule has 0 aromatic rings. The van der Waals surface area contributed by atoms with Crippen LogP contribution in [0.15, 0.2) is 9.93 Å². The zero-order valence-electron chi connectivity index (χ0n) is 8.54. The fraction of sp³-hybridized carbons (Fsp3) is 0.556. The van der Waals surface area contributed by atoms with Crippen LogP contribution in [-0.4, -0.2) is 44.7 Å². The molecule has 1 saturated heterocycles. The maximum absolute atomic E-state index is 11.6. The number of amides is 1. The number of carbonyl (C=O) groups excluding carboxylic acids is 1. The Bertz CT molecular complexity index is 382. The first-order valence-electron chi connectivity index (χ1n) is 4.82. The number of aliphatic hydroxyl groups is 1. The van der Waals surface area contributed by atoms with Gasteiger partial charge in [-0.25, -0.2) is 4.79 Å². The van der Waals surface area contributed by atoms with Gasteiger partial charge in [-0.2, -0.15) is 0 Å². The SMILES string of the molecule is CCSC1=C(C(=O)O)N2C(=O)C(CO)[C@H]2S1. The highest BCUT2D eigenvalue weighted by molar-refractivity contribution is 8.22. The molecule has 7 heteroatoms. The Hall–Kier alpha value is -0.660. The first-order valence-corrected chi connectivity index (χ1v) is 6.69. The number of nitrogens with zero attached hydrogens (tertiary/aromatic N) is 1. The van der Waals surface area contributed by atoms with Crippen molar-refractivity contribution in [2.45, 2.75) is 12.3 Å². The molecule has 0 radical (unpaired) electrons. The van der Waals surface area contributed by atoms with Gasteiger partial charge in [-0.3, -0.25) is 9.69 Å². The standard InChI is InChI=1S/C9H11NO4S2/c1-2-15-9-5(8(13)14)10-6(12)4(3-11)7(10)16-9/h4,7,11H,2-3H2,1H3,(H,13,14)/t4?,7-/m1/s1. The lowest BCUT2D eigenvalue weighted by Gasteiger charge is -2.41. The number of hydrogen-bond donors (Lipinski definition) is 2. The number of carbonyl (C=O) groups is 2. The quantitative estimate of drug-likeness (QED) is 0.718. The van der Waals surface area contributed by atoms with Crippen LogP contribution >= 0.6 is 23.5 Å². The van der Waals surface area contributed by atoms with E-state index < -0.39 is 11.9 Å². The molecule has 16 heavy (non-hydrogen) atoms. The number of rotatable bonds is 4. The summed E-state index contributed by atoms with van der Waals surface area (Å²) in [6.45, 7) is 1.71. The van der Waals surface area contributed by atoms with Gasteiger partial charge in [0.2, 0.25) is 5.91 Å². The van der Waals surface area contributed by atoms with E-state index in [9.17, 15) is 9.59 Å². The van der Waals surface area contributed by atoms with Gasteiger partial charge < -0.3 is 10.2 Å². The van der Waals surface area contributed by atoms with E-state index >= 15 is 0 Å². The van der Waals surface area contributed by atoms with Gasteiger partial charge in [0.25, 0.3) is 0 Å². The van der Waals surface area contributed by atoms with Gasteiger partial charge in [-0.1, -0.05) is 18.7 Å². The number of fused-ring (bicyclic) bond motifs is 1. The smallest absolute Gasteiger partial charge is 0.354 e. The van der Waals surface area contributed by atoms with Gasteiger partial charge in [0.1, 0.15) is 5.37 Å². The van der Waals surface area contributed by atoms with Gasteiger partial charge >= 0.3 is 5.97 Å². The van der Waals surface area contributed by atoms with Gasteiger partial charge in [0.15, 0.2) is 5.70 Å². The second-order valence-electron chi connectivity index (χ2n) is 3.38. The third kappa shape index (κ3) is 1.54. The Balaban J connectivity index is 2.26. The van der Waals surface area contributed by atoms with Crippen LogP contribution in [0.4, 0.5) is 0 Å². The molecule has 0 spiro atoms. The summed E-state index contributed by atoms with van der Waals surface area (Å²) < 4.78 is 0.671. The van der Waals surface area contributed by atoms with Crippen molar-refractivity contribution in [1.82, 2.24) is 4.90 Å². The van der Waals surface area contributed by atoms with Gasteiger partial charge in [-0.15, -0.1) is 11.8 Å². The number of aliphatic hydroxyl groups excluding tert-OH is 1. The fourth-order valence-corrected chi connectivity index (χ4v) is 4.46. The predicted molar refractivity (Wildman–Crippen MR) is 61.6 cm³/mol. The van der Waals surface area contributed by atoms with Crippen molar-refractivity contribution in [3.8, 4) is 0 Å². The van der Waals surface area contributed by atoms with E-state index in [0.29, 0.717) is 4.24 Å². The highest BCUT2D eigenvalue weighted by Crippen LogP contribution is 2.52. The first kappa shape index (κ1) is 11.8. The second-order valence-corrected chi connectivity index (χ2v) is 6.04. The summed E-state index contributed by atoms with van der Waals surface area (Å²) in [6, 6.07) is 0. The summed E-state index contributed by atoms with van der Waals surface area (Å²) in [5.41, 5.74) is 0.0801. The van der Waals surface area contributed by atoms with E-state index in [1.54, 1.807) is 0 Å². The average Bonchev–Trinajstić information content (AvgIpc) is 2.55. The third-order valence-electron chi connectivity index (χ3n) is 2.49. The zero-order chi connectivity index (χ0) is 11.9. The second kappa shape index (κ2) is 4.31. The molecule has 1 amide bonds. The minimum Gasteiger partial charge on any atom is -0.477 e. The molecule has 0 aromatic heterocycles. The molecule has 1 unspecified atom stereocenters. The van der Waals surface area contributed by atoms with Gasteiger partial charge in [0, 0.05) is 0 Å². The maximum atomic E-state index is 11.6. The number of carboxylic acids is 1. The largest absolute Gasteiger partial charge is 0.477 e. The maximum Gasteiger partial charge on any atom is 0.354 e. The van der Waals surface area contributed by atoms with Crippen LogP contribution in [0.2, 0.25) is 0 Å². The summed E-state index contributed by atoms with van der Waals surface area (Å²) in [5.74, 6) is -1.05. The molecule has 2 rings (SSSR count). The van der Waals surface area contributed by atoms with Crippen molar-refractivity contribution in [3.05, 3.63) is 9.93 Å². The van der Waals surface area contributed by atoms with Crippen LogP contribution < -0.4 is 0 Å². The van der Waals surface area contributed by atoms with Crippen LogP contribution in [0.25, 0.3) is 0 Å². The highest BCUT2D eigenvalue weighted by atomic mass is 32.2. The van der Waals surface area contributed by atoms with E-state index in [1.165, 1.54) is 28.4 Å². The van der Waals surface area contributed by atoms with E-state index in [-0.39, 0.29) is 23.6 Å². The lowest BCUT2D eigenvalue weighted by Crippen LogP contribution is -2.58. The van der Waals surface area contributed by atoms with E-state index in [0.717, 1.165) is 5.75 Å². The van der Waals surface area contributed by atoms with Crippen LogP contribution in [0.1, 0.15) is 6.92 Å². The number of aliphatic carboxylic acids is 1. The number of β-lactam (4-membered cyclic amide) rings is 1. The monoisotopic (exact) mass is 261 g/mol. The molecule has 0 aromatic carbocycles. The van der Waals surface area contributed by atoms with E-state index in [2.05, 4.69) is 0 Å². The summed E-state index contributed by atoms with van der Waals surface area (Å²) in [7, 11) is 0. The number of hydrogen-bond acceptors (Lipinski definition) is 5. The molecule has 2 atom stereocenters. The lowest BCUT2D eigenvalue weighted by atomic mass is 9.99. The molecule has 2 aliphatic rings. The lowest BCUT2D eigenvalue weighted by molar-refractivity contribution is -0.153. The Labute approximate surface area is 101 Å². The van der Waals surface area contributed by atoms with Crippen molar-refractivity contribution in [2.75, 3.05) is 12.4 Å². The molecule has 2 N–H and O–H groups in total. The van der Waals surface area contributed by atoms with Crippen LogP contribution in [0.5, 0.6) is 0 Å². The molecular formula is C9H11NO4S2. The van der Waals surface area contributed by atoms with Gasteiger partial charge in [-0.05, 0) is 5.75 Å². The van der Waals surface area contributed by atoms with E-state index in [1.807, 2.05) is 6.92 Å². The van der Waals surface area contributed by atoms with Gasteiger partial charge in [0.05, 0.1) is 16.8 Å². The predicted octanol–water partition coefficient (Wildman–Crippen LogP) is 0.517. The number of carboxylic acid groups (broad SMARTS) is 1. The Morgan fingerprint density at radius 2 is 2.31 bits per heavy atom. The summed E-state index contributed by atoms with van der Waals surface area (Å²) in [4.78, 5) is 23.9. The minimum absolute atomic E-state index is 0.0801. The Morgan fingerprint density at radius 3 is 2.81 bits per heavy atom. The molecule has 2 aliphatic heterocycles. The highest BCUT2D eigenvalue weighted by Gasteiger charge is 2.55. The Kier molecular flexibility index (Phi) is 3.18. The minimum atomic E-state index is -1.07. The Morgan fingerprint density at radius 1 is 1.62 bits per heavy atom. The fourth-order valence-electron chi connectivity index (χ4n) is 1.75. The molecule has 88 valence electrons. The summed E-state index contributed by atoms with van der Waals surface area (Å²) >= 11 is 2.79. The van der Waals surface area contributed by atoms with Crippen molar-refractivity contribution in [2.24, 2.45) is 5.92 Å². The normalized spacial score (nSPS) is 28.1. The summed E-state index contributed by atoms with van der Waals surface area (Å²) in [6.07, 6.45) is 0. The molecule has 0 aliphatic carbocycles. The summed E-state index contributed by atoms with van der Waals surface area (Å²) in [5, 5.41) is 17.9. The average molecular weight is 261 g/mol. The van der Waals surface area contributed by atoms with Crippen LogP contribution in [0.3, 0.4) is 0 Å². The molecule has 5 nitrogen and oxygen atoms in total. The van der Waals surface area contributed by atoms with E-state index in [4.69, 9.17) is 10.2 Å². The van der Waals surface area contributed by atoms with Crippen LogP contribution in [0, 0.1) is 5.92 Å². The molecule has 0 saturated carbocycles. The first-order chi connectivity index (χ1) is 7.61. The van der Waals surface area contributed by atoms with Crippen molar-refractivity contribution in [1.29, 1.82) is 0 Å². The van der Waals surface area contributed by atoms with Crippen molar-refractivity contribution >= 4 is 35.4 Å². The molecule has 1 fully saturated rings. The van der Waals surface area contributed by atoms with Crippen molar-refractivity contribution < 1.29 is 19.8 Å².